The first-order valence-corrected chi connectivity index (χ1v) is 7.01. The second-order valence-electron chi connectivity index (χ2n) is 5.12. The highest BCUT2D eigenvalue weighted by atomic mass is 16.4. The highest BCUT2D eigenvalue weighted by Gasteiger charge is 2.17. The maximum Gasteiger partial charge on any atom is 0.338 e. The van der Waals surface area contributed by atoms with Crippen LogP contribution in [-0.2, 0) is 11.3 Å². The number of aromatic carboxylic acids is 1. The fourth-order valence-corrected chi connectivity index (χ4v) is 1.97. The number of carboxylic acid groups (broad SMARTS) is 1. The third-order valence-electron chi connectivity index (χ3n) is 3.25. The Bertz CT molecular complexity index is 661. The van der Waals surface area contributed by atoms with E-state index in [1.54, 1.807) is 13.1 Å². The smallest absolute Gasteiger partial charge is 0.338 e. The molecule has 0 spiro atoms. The molecule has 2 heterocycles. The van der Waals surface area contributed by atoms with Crippen molar-refractivity contribution in [3.63, 3.8) is 0 Å². The van der Waals surface area contributed by atoms with Crippen molar-refractivity contribution in [2.45, 2.75) is 32.9 Å². The molecule has 0 saturated heterocycles. The Morgan fingerprint density at radius 2 is 2.09 bits per heavy atom. The molecular weight excluding hydrogens is 286 g/mol. The van der Waals surface area contributed by atoms with Crippen LogP contribution in [0.3, 0.4) is 0 Å². The molecule has 2 aromatic heterocycles. The van der Waals surface area contributed by atoms with Crippen LogP contribution in [0, 0.1) is 6.92 Å². The summed E-state index contributed by atoms with van der Waals surface area (Å²) in [6, 6.07) is -0.556. The maximum absolute atomic E-state index is 12.0. The Morgan fingerprint density at radius 1 is 1.32 bits per heavy atom. The minimum Gasteiger partial charge on any atom is -0.478 e. The molecule has 0 radical (unpaired) electrons. The fraction of sp³-hybridized carbons (Fsp3) is 0.429. The van der Waals surface area contributed by atoms with Gasteiger partial charge in [0.05, 0.1) is 18.0 Å². The van der Waals surface area contributed by atoms with Gasteiger partial charge in [0, 0.05) is 25.5 Å². The van der Waals surface area contributed by atoms with Crippen molar-refractivity contribution in [2.24, 2.45) is 0 Å². The van der Waals surface area contributed by atoms with Crippen molar-refractivity contribution < 1.29 is 14.7 Å². The van der Waals surface area contributed by atoms with Crippen LogP contribution in [0.4, 0.5) is 0 Å². The van der Waals surface area contributed by atoms with Gasteiger partial charge in [0.15, 0.2) is 0 Å². The summed E-state index contributed by atoms with van der Waals surface area (Å²) in [4.78, 5) is 22.8. The van der Waals surface area contributed by atoms with Gasteiger partial charge in [-0.25, -0.2) is 4.79 Å². The van der Waals surface area contributed by atoms with Gasteiger partial charge in [-0.05, 0) is 25.8 Å². The number of amides is 1. The van der Waals surface area contributed by atoms with E-state index >= 15 is 0 Å². The number of nitrogens with zero attached hydrogens (tertiary/aromatic N) is 4. The predicted octanol–water partition coefficient (Wildman–Crippen LogP) is 0.854. The van der Waals surface area contributed by atoms with E-state index in [1.165, 1.54) is 17.1 Å². The Labute approximate surface area is 127 Å². The average molecular weight is 305 g/mol. The van der Waals surface area contributed by atoms with Crippen LogP contribution in [0.25, 0.3) is 0 Å². The molecule has 22 heavy (non-hydrogen) atoms. The highest BCUT2D eigenvalue weighted by Crippen LogP contribution is 2.07. The maximum atomic E-state index is 12.0. The van der Waals surface area contributed by atoms with Crippen LogP contribution in [0.5, 0.6) is 0 Å². The third-order valence-corrected chi connectivity index (χ3v) is 3.25. The van der Waals surface area contributed by atoms with E-state index in [-0.39, 0.29) is 11.5 Å². The molecule has 0 aliphatic rings. The predicted molar refractivity (Wildman–Crippen MR) is 78.5 cm³/mol. The van der Waals surface area contributed by atoms with E-state index in [9.17, 15) is 9.59 Å². The lowest BCUT2D eigenvalue weighted by molar-refractivity contribution is -0.124. The standard InChI is InChI=1S/C14H19N5O3/c1-10-6-16-18(8-10)5-3-4-15-13(20)11(2)19-9-12(7-17-19)14(21)22/h6-9,11H,3-5H2,1-2H3,(H,15,20)(H,21,22). The number of hydrogen-bond acceptors (Lipinski definition) is 4. The summed E-state index contributed by atoms with van der Waals surface area (Å²) in [7, 11) is 0. The van der Waals surface area contributed by atoms with Gasteiger partial charge in [-0.1, -0.05) is 0 Å². The summed E-state index contributed by atoms with van der Waals surface area (Å²) in [6.07, 6.45) is 7.07. The third kappa shape index (κ3) is 3.94. The molecule has 2 N–H and O–H groups in total. The van der Waals surface area contributed by atoms with E-state index in [0.29, 0.717) is 6.54 Å². The Hall–Kier alpha value is -2.64. The van der Waals surface area contributed by atoms with Crippen molar-refractivity contribution in [1.82, 2.24) is 24.9 Å². The molecule has 2 aromatic rings. The Balaban J connectivity index is 1.77. The number of carbonyl (C=O) groups is 2. The van der Waals surface area contributed by atoms with Crippen molar-refractivity contribution >= 4 is 11.9 Å². The molecule has 8 heteroatoms. The molecule has 0 fully saturated rings. The average Bonchev–Trinajstić information content (AvgIpc) is 3.11. The van der Waals surface area contributed by atoms with E-state index in [1.807, 2.05) is 17.8 Å². The number of rotatable bonds is 7. The summed E-state index contributed by atoms with van der Waals surface area (Å²) in [5.41, 5.74) is 1.17. The number of hydrogen-bond donors (Lipinski definition) is 2. The van der Waals surface area contributed by atoms with Crippen LogP contribution in [0.1, 0.15) is 35.3 Å². The first-order chi connectivity index (χ1) is 10.5. The lowest BCUT2D eigenvalue weighted by Gasteiger charge is -2.12. The lowest BCUT2D eigenvalue weighted by Crippen LogP contribution is -2.32. The van der Waals surface area contributed by atoms with Crippen molar-refractivity contribution in [1.29, 1.82) is 0 Å². The SMILES string of the molecule is Cc1cnn(CCCNC(=O)C(C)n2cc(C(=O)O)cn2)c1. The van der Waals surface area contributed by atoms with Gasteiger partial charge in [-0.15, -0.1) is 0 Å². The monoisotopic (exact) mass is 305 g/mol. The van der Waals surface area contributed by atoms with Gasteiger partial charge in [0.2, 0.25) is 5.91 Å². The normalized spacial score (nSPS) is 12.1. The molecular formula is C14H19N5O3. The van der Waals surface area contributed by atoms with E-state index in [4.69, 9.17) is 5.11 Å². The minimum atomic E-state index is -1.06. The summed E-state index contributed by atoms with van der Waals surface area (Å²) < 4.78 is 3.17. The van der Waals surface area contributed by atoms with Crippen molar-refractivity contribution in [3.8, 4) is 0 Å². The second-order valence-corrected chi connectivity index (χ2v) is 5.12. The number of aryl methyl sites for hydroxylation is 2. The molecule has 1 unspecified atom stereocenters. The number of nitrogens with one attached hydrogen (secondary N) is 1. The zero-order valence-electron chi connectivity index (χ0n) is 12.6. The van der Waals surface area contributed by atoms with Gasteiger partial charge >= 0.3 is 5.97 Å². The van der Waals surface area contributed by atoms with E-state index < -0.39 is 12.0 Å². The summed E-state index contributed by atoms with van der Waals surface area (Å²) in [5, 5.41) is 19.7. The van der Waals surface area contributed by atoms with E-state index in [2.05, 4.69) is 15.5 Å². The molecule has 0 aromatic carbocycles. The molecule has 1 amide bonds. The van der Waals surface area contributed by atoms with Crippen LogP contribution in [-0.4, -0.2) is 43.1 Å². The van der Waals surface area contributed by atoms with Crippen LogP contribution < -0.4 is 5.32 Å². The highest BCUT2D eigenvalue weighted by molar-refractivity contribution is 5.87. The molecule has 0 bridgehead atoms. The molecule has 118 valence electrons. The molecule has 8 nitrogen and oxygen atoms in total. The molecule has 1 atom stereocenters. The van der Waals surface area contributed by atoms with Crippen LogP contribution in [0.15, 0.2) is 24.8 Å². The molecule has 0 saturated carbocycles. The van der Waals surface area contributed by atoms with Crippen molar-refractivity contribution in [2.75, 3.05) is 6.54 Å². The zero-order chi connectivity index (χ0) is 16.1. The first-order valence-electron chi connectivity index (χ1n) is 7.01. The summed E-state index contributed by atoms with van der Waals surface area (Å²) in [6.45, 7) is 4.90. The number of carbonyl (C=O) groups excluding carboxylic acids is 1. The quantitative estimate of drug-likeness (QED) is 0.738. The minimum absolute atomic E-state index is 0.0636. The van der Waals surface area contributed by atoms with Gasteiger partial charge in [-0.2, -0.15) is 10.2 Å². The van der Waals surface area contributed by atoms with E-state index in [0.717, 1.165) is 18.5 Å². The van der Waals surface area contributed by atoms with Gasteiger partial charge in [0.25, 0.3) is 0 Å². The number of carboxylic acids is 1. The number of aromatic nitrogens is 4. The summed E-state index contributed by atoms with van der Waals surface area (Å²) in [5.74, 6) is -1.26. The first kappa shape index (κ1) is 15.7. The second kappa shape index (κ2) is 6.88. The van der Waals surface area contributed by atoms with Crippen LogP contribution in [0.2, 0.25) is 0 Å². The lowest BCUT2D eigenvalue weighted by atomic mass is 10.3. The van der Waals surface area contributed by atoms with Gasteiger partial charge < -0.3 is 10.4 Å². The summed E-state index contributed by atoms with van der Waals surface area (Å²) >= 11 is 0. The van der Waals surface area contributed by atoms with Crippen LogP contribution >= 0.6 is 0 Å². The Kier molecular flexibility index (Phi) is 4.92. The molecule has 0 aliphatic heterocycles. The van der Waals surface area contributed by atoms with Gasteiger partial charge in [0.1, 0.15) is 6.04 Å². The molecule has 2 rings (SSSR count). The largest absolute Gasteiger partial charge is 0.478 e. The topological polar surface area (TPSA) is 102 Å². The fourth-order valence-electron chi connectivity index (χ4n) is 1.97. The Morgan fingerprint density at radius 3 is 2.68 bits per heavy atom. The van der Waals surface area contributed by atoms with Gasteiger partial charge in [-0.3, -0.25) is 14.2 Å². The zero-order valence-corrected chi connectivity index (χ0v) is 12.6. The van der Waals surface area contributed by atoms with Crippen molar-refractivity contribution in [3.05, 3.63) is 35.9 Å². The molecule has 0 aliphatic carbocycles.